The van der Waals surface area contributed by atoms with E-state index >= 15 is 0 Å². The van der Waals surface area contributed by atoms with Gasteiger partial charge in [-0.05, 0) is 13.0 Å². The summed E-state index contributed by atoms with van der Waals surface area (Å²) in [6, 6.07) is 10.3. The summed E-state index contributed by atoms with van der Waals surface area (Å²) < 4.78 is 0. The molecule has 0 aliphatic heterocycles. The molecule has 0 aliphatic carbocycles. The number of nitrogens with zero attached hydrogens (tertiary/aromatic N) is 3. The fraction of sp³-hybridized carbons (Fsp3) is 0.471. The van der Waals surface area contributed by atoms with Gasteiger partial charge in [0.25, 0.3) is 0 Å². The highest BCUT2D eigenvalue weighted by Crippen LogP contribution is 2.33. The Morgan fingerprint density at radius 3 is 2.45 bits per heavy atom. The minimum absolute atomic E-state index is 0.194. The Labute approximate surface area is 137 Å². The summed E-state index contributed by atoms with van der Waals surface area (Å²) >= 11 is 1.73. The molecule has 0 saturated heterocycles. The third-order valence-corrected chi connectivity index (χ3v) is 4.65. The van der Waals surface area contributed by atoms with Crippen LogP contribution < -0.4 is 4.90 Å². The van der Waals surface area contributed by atoms with E-state index in [2.05, 4.69) is 28.9 Å². The van der Waals surface area contributed by atoms with Crippen LogP contribution in [0.5, 0.6) is 0 Å². The molecule has 4 nitrogen and oxygen atoms in total. The van der Waals surface area contributed by atoms with E-state index < -0.39 is 0 Å². The van der Waals surface area contributed by atoms with Crippen molar-refractivity contribution in [3.63, 3.8) is 0 Å². The van der Waals surface area contributed by atoms with Crippen molar-refractivity contribution in [1.29, 1.82) is 0 Å². The number of rotatable bonds is 8. The molecule has 0 radical (unpaired) electrons. The second-order valence-electron chi connectivity index (χ2n) is 5.53. The van der Waals surface area contributed by atoms with Crippen LogP contribution in [0.3, 0.4) is 0 Å². The van der Waals surface area contributed by atoms with Crippen molar-refractivity contribution in [3.05, 3.63) is 35.2 Å². The molecule has 0 saturated carbocycles. The van der Waals surface area contributed by atoms with Crippen LogP contribution in [0.15, 0.2) is 30.3 Å². The molecule has 0 aliphatic rings. The average Bonchev–Trinajstić information content (AvgIpc) is 2.93. The first-order chi connectivity index (χ1) is 10.7. The summed E-state index contributed by atoms with van der Waals surface area (Å²) in [5, 5.41) is 10.3. The Balaban J connectivity index is 2.32. The maximum atomic E-state index is 9.26. The first kappa shape index (κ1) is 16.9. The van der Waals surface area contributed by atoms with Gasteiger partial charge in [0.1, 0.15) is 0 Å². The highest BCUT2D eigenvalue weighted by molar-refractivity contribution is 7.16. The van der Waals surface area contributed by atoms with Gasteiger partial charge in [0, 0.05) is 37.6 Å². The summed E-state index contributed by atoms with van der Waals surface area (Å²) in [5.41, 5.74) is 2.22. The van der Waals surface area contributed by atoms with Gasteiger partial charge in [-0.25, -0.2) is 4.98 Å². The predicted octanol–water partition coefficient (Wildman–Crippen LogP) is 3.08. The summed E-state index contributed by atoms with van der Waals surface area (Å²) in [6.45, 7) is 4.89. The normalized spacial score (nSPS) is 11.1. The SMILES string of the molecule is CCCN(CCO)Cc1sc(N(C)C)nc1-c1ccccc1. The van der Waals surface area contributed by atoms with Crippen molar-refractivity contribution < 1.29 is 5.11 Å². The number of thiazole rings is 1. The van der Waals surface area contributed by atoms with Crippen LogP contribution in [0, 0.1) is 0 Å². The fourth-order valence-corrected chi connectivity index (χ4v) is 3.44. The van der Waals surface area contributed by atoms with E-state index in [0.29, 0.717) is 6.54 Å². The quantitative estimate of drug-likeness (QED) is 0.812. The van der Waals surface area contributed by atoms with Crippen molar-refractivity contribution in [2.45, 2.75) is 19.9 Å². The number of hydrogen-bond acceptors (Lipinski definition) is 5. The van der Waals surface area contributed by atoms with Crippen LogP contribution in [-0.4, -0.2) is 48.8 Å². The van der Waals surface area contributed by atoms with Crippen LogP contribution >= 0.6 is 11.3 Å². The third-order valence-electron chi connectivity index (χ3n) is 3.44. The Hall–Kier alpha value is -1.43. The van der Waals surface area contributed by atoms with Crippen molar-refractivity contribution >= 4 is 16.5 Å². The van der Waals surface area contributed by atoms with E-state index in [1.165, 1.54) is 4.88 Å². The van der Waals surface area contributed by atoms with E-state index in [-0.39, 0.29) is 6.61 Å². The van der Waals surface area contributed by atoms with Gasteiger partial charge in [0.15, 0.2) is 5.13 Å². The van der Waals surface area contributed by atoms with Crippen LogP contribution in [0.1, 0.15) is 18.2 Å². The molecule has 0 fully saturated rings. The number of hydrogen-bond donors (Lipinski definition) is 1. The fourth-order valence-electron chi connectivity index (χ4n) is 2.39. The van der Waals surface area contributed by atoms with Gasteiger partial charge in [-0.1, -0.05) is 48.6 Å². The third kappa shape index (κ3) is 4.29. The zero-order valence-corrected chi connectivity index (χ0v) is 14.4. The number of aromatic nitrogens is 1. The van der Waals surface area contributed by atoms with E-state index in [4.69, 9.17) is 4.98 Å². The van der Waals surface area contributed by atoms with Crippen LogP contribution in [-0.2, 0) is 6.54 Å². The van der Waals surface area contributed by atoms with Crippen LogP contribution in [0.4, 0.5) is 5.13 Å². The summed E-state index contributed by atoms with van der Waals surface area (Å²) in [4.78, 5) is 10.4. The van der Waals surface area contributed by atoms with Crippen LogP contribution in [0.2, 0.25) is 0 Å². The second-order valence-corrected chi connectivity index (χ2v) is 6.59. The molecule has 2 aromatic rings. The van der Waals surface area contributed by atoms with E-state index in [1.54, 1.807) is 11.3 Å². The Morgan fingerprint density at radius 1 is 1.14 bits per heavy atom. The minimum atomic E-state index is 0.194. The first-order valence-electron chi connectivity index (χ1n) is 7.71. The number of aliphatic hydroxyl groups excluding tert-OH is 1. The van der Waals surface area contributed by atoms with Crippen molar-refractivity contribution in [3.8, 4) is 11.3 Å². The maximum Gasteiger partial charge on any atom is 0.185 e. The molecule has 1 aromatic heterocycles. The van der Waals surface area contributed by atoms with Gasteiger partial charge in [0.2, 0.25) is 0 Å². The summed E-state index contributed by atoms with van der Waals surface area (Å²) in [5.74, 6) is 0. The molecule has 0 bridgehead atoms. The number of anilines is 1. The van der Waals surface area contributed by atoms with Gasteiger partial charge in [-0.15, -0.1) is 0 Å². The van der Waals surface area contributed by atoms with Gasteiger partial charge in [-0.2, -0.15) is 0 Å². The Kier molecular flexibility index (Phi) is 6.36. The minimum Gasteiger partial charge on any atom is -0.395 e. The molecule has 22 heavy (non-hydrogen) atoms. The Morgan fingerprint density at radius 2 is 1.86 bits per heavy atom. The zero-order valence-electron chi connectivity index (χ0n) is 13.6. The molecule has 120 valence electrons. The lowest BCUT2D eigenvalue weighted by Gasteiger charge is -2.20. The standard InChI is InChI=1S/C17H25N3OS/c1-4-10-20(11-12-21)13-15-16(14-8-6-5-7-9-14)18-17(22-15)19(2)3/h5-9,21H,4,10-13H2,1-3H3. The van der Waals surface area contributed by atoms with E-state index in [1.807, 2.05) is 32.3 Å². The van der Waals surface area contributed by atoms with E-state index in [9.17, 15) is 5.11 Å². The lowest BCUT2D eigenvalue weighted by molar-refractivity contribution is 0.191. The molecule has 1 aromatic carbocycles. The van der Waals surface area contributed by atoms with Crippen molar-refractivity contribution in [1.82, 2.24) is 9.88 Å². The molecule has 2 rings (SSSR count). The maximum absolute atomic E-state index is 9.26. The predicted molar refractivity (Wildman–Crippen MR) is 94.5 cm³/mol. The molecular formula is C17H25N3OS. The highest BCUT2D eigenvalue weighted by Gasteiger charge is 2.16. The molecule has 1 N–H and O–H groups in total. The number of aliphatic hydroxyl groups is 1. The molecule has 5 heteroatoms. The average molecular weight is 319 g/mol. The van der Waals surface area contributed by atoms with Gasteiger partial charge in [-0.3, -0.25) is 4.90 Å². The first-order valence-corrected chi connectivity index (χ1v) is 8.53. The molecule has 1 heterocycles. The molecular weight excluding hydrogens is 294 g/mol. The van der Waals surface area contributed by atoms with Gasteiger partial charge < -0.3 is 10.0 Å². The van der Waals surface area contributed by atoms with Gasteiger partial charge >= 0.3 is 0 Å². The molecule has 0 amide bonds. The smallest absolute Gasteiger partial charge is 0.185 e. The molecule has 0 spiro atoms. The summed E-state index contributed by atoms with van der Waals surface area (Å²) in [6.07, 6.45) is 1.08. The Bertz CT molecular complexity index is 563. The zero-order chi connectivity index (χ0) is 15.9. The second kappa shape index (κ2) is 8.27. The van der Waals surface area contributed by atoms with Crippen molar-refractivity contribution in [2.24, 2.45) is 0 Å². The highest BCUT2D eigenvalue weighted by atomic mass is 32.1. The van der Waals surface area contributed by atoms with Gasteiger partial charge in [0.05, 0.1) is 12.3 Å². The van der Waals surface area contributed by atoms with E-state index in [0.717, 1.165) is 35.9 Å². The lowest BCUT2D eigenvalue weighted by atomic mass is 10.1. The largest absolute Gasteiger partial charge is 0.395 e. The lowest BCUT2D eigenvalue weighted by Crippen LogP contribution is -2.27. The van der Waals surface area contributed by atoms with Crippen molar-refractivity contribution in [2.75, 3.05) is 38.7 Å². The molecule has 0 unspecified atom stereocenters. The topological polar surface area (TPSA) is 39.6 Å². The number of benzene rings is 1. The summed E-state index contributed by atoms with van der Waals surface area (Å²) in [7, 11) is 4.05. The monoisotopic (exact) mass is 319 g/mol. The molecule has 0 atom stereocenters. The van der Waals surface area contributed by atoms with Crippen LogP contribution in [0.25, 0.3) is 11.3 Å².